The smallest absolute Gasteiger partial charge is 0.227 e. The highest BCUT2D eigenvalue weighted by molar-refractivity contribution is 5.79. The van der Waals surface area contributed by atoms with Gasteiger partial charge in [0.05, 0.1) is 19.7 Å². The van der Waals surface area contributed by atoms with Crippen LogP contribution in [0.15, 0.2) is 30.5 Å². The monoisotopic (exact) mass is 341 g/mol. The Labute approximate surface area is 149 Å². The van der Waals surface area contributed by atoms with E-state index in [1.165, 1.54) is 11.3 Å². The Morgan fingerprint density at radius 1 is 1.44 bits per heavy atom. The minimum absolute atomic E-state index is 0.184. The van der Waals surface area contributed by atoms with Gasteiger partial charge in [0.1, 0.15) is 5.75 Å². The third-order valence-electron chi connectivity index (χ3n) is 4.99. The summed E-state index contributed by atoms with van der Waals surface area (Å²) in [6.45, 7) is 5.97. The summed E-state index contributed by atoms with van der Waals surface area (Å²) in [5, 5.41) is 7.41. The number of amides is 1. The fourth-order valence-corrected chi connectivity index (χ4v) is 3.60. The van der Waals surface area contributed by atoms with Crippen molar-refractivity contribution in [2.45, 2.75) is 44.9 Å². The summed E-state index contributed by atoms with van der Waals surface area (Å²) < 4.78 is 5.25. The molecule has 25 heavy (non-hydrogen) atoms. The molecule has 1 amide bonds. The van der Waals surface area contributed by atoms with Crippen molar-refractivity contribution in [1.82, 2.24) is 15.1 Å². The van der Waals surface area contributed by atoms with Crippen LogP contribution in [0, 0.1) is 0 Å². The lowest BCUT2D eigenvalue weighted by molar-refractivity contribution is -0.131. The fraction of sp³-hybridized carbons (Fsp3) is 0.500. The molecule has 134 valence electrons. The topological polar surface area (TPSA) is 58.2 Å². The molecule has 1 atom stereocenters. The van der Waals surface area contributed by atoms with E-state index in [0.29, 0.717) is 18.3 Å². The number of likely N-dealkylation sites (tertiary alicyclic amines) is 1. The summed E-state index contributed by atoms with van der Waals surface area (Å²) in [6.07, 6.45) is 4.48. The van der Waals surface area contributed by atoms with Crippen LogP contribution in [-0.4, -0.2) is 41.2 Å². The van der Waals surface area contributed by atoms with Crippen molar-refractivity contribution in [1.29, 1.82) is 0 Å². The second kappa shape index (κ2) is 7.72. The van der Waals surface area contributed by atoms with Crippen molar-refractivity contribution >= 4 is 5.91 Å². The van der Waals surface area contributed by atoms with Crippen LogP contribution in [0.4, 0.5) is 0 Å². The number of methoxy groups -OCH3 is 1. The molecular weight excluding hydrogens is 314 g/mol. The van der Waals surface area contributed by atoms with Gasteiger partial charge in [0.25, 0.3) is 0 Å². The first kappa shape index (κ1) is 17.5. The maximum atomic E-state index is 12.8. The lowest BCUT2D eigenvalue weighted by Crippen LogP contribution is -2.40. The van der Waals surface area contributed by atoms with Crippen LogP contribution >= 0.6 is 0 Å². The van der Waals surface area contributed by atoms with Crippen LogP contribution in [0.25, 0.3) is 0 Å². The zero-order valence-electron chi connectivity index (χ0n) is 15.3. The van der Waals surface area contributed by atoms with Gasteiger partial charge >= 0.3 is 0 Å². The van der Waals surface area contributed by atoms with E-state index in [2.05, 4.69) is 24.0 Å². The molecule has 3 rings (SSSR count). The summed E-state index contributed by atoms with van der Waals surface area (Å²) in [6, 6.07) is 7.75. The number of nitrogens with zero attached hydrogens (tertiary/aromatic N) is 2. The molecular formula is C20H27N3O2. The Hall–Kier alpha value is -2.30. The number of piperidine rings is 1. The van der Waals surface area contributed by atoms with E-state index in [1.807, 2.05) is 35.4 Å². The van der Waals surface area contributed by atoms with Gasteiger partial charge in [0.2, 0.25) is 5.91 Å². The maximum absolute atomic E-state index is 12.8. The molecule has 1 unspecified atom stereocenters. The number of aromatic amines is 1. The van der Waals surface area contributed by atoms with E-state index in [4.69, 9.17) is 4.74 Å². The van der Waals surface area contributed by atoms with Crippen molar-refractivity contribution in [3.8, 4) is 5.75 Å². The minimum Gasteiger partial charge on any atom is -0.497 e. The van der Waals surface area contributed by atoms with Crippen molar-refractivity contribution in [2.24, 2.45) is 0 Å². The predicted molar refractivity (Wildman–Crippen MR) is 97.9 cm³/mol. The van der Waals surface area contributed by atoms with Gasteiger partial charge in [-0.2, -0.15) is 5.10 Å². The second-order valence-corrected chi connectivity index (χ2v) is 7.10. The highest BCUT2D eigenvalue weighted by Gasteiger charge is 2.27. The van der Waals surface area contributed by atoms with Gasteiger partial charge in [-0.25, -0.2) is 0 Å². The molecule has 2 heterocycles. The van der Waals surface area contributed by atoms with Crippen LogP contribution in [0.5, 0.6) is 5.75 Å². The molecule has 1 aliphatic rings. The first-order valence-corrected chi connectivity index (χ1v) is 9.02. The molecule has 0 spiro atoms. The van der Waals surface area contributed by atoms with E-state index < -0.39 is 0 Å². The Morgan fingerprint density at radius 3 is 3.04 bits per heavy atom. The minimum atomic E-state index is 0.184. The van der Waals surface area contributed by atoms with Gasteiger partial charge in [0.15, 0.2) is 0 Å². The highest BCUT2D eigenvalue weighted by Crippen LogP contribution is 2.31. The van der Waals surface area contributed by atoms with E-state index in [0.717, 1.165) is 37.2 Å². The maximum Gasteiger partial charge on any atom is 0.227 e. The number of nitrogens with one attached hydrogen (secondary N) is 1. The number of hydrogen-bond acceptors (Lipinski definition) is 3. The number of carbonyl (C=O) groups excluding carboxylic acids is 1. The van der Waals surface area contributed by atoms with Crippen LogP contribution < -0.4 is 4.74 Å². The normalized spacial score (nSPS) is 17.8. The zero-order chi connectivity index (χ0) is 17.8. The third kappa shape index (κ3) is 4.03. The summed E-state index contributed by atoms with van der Waals surface area (Å²) in [7, 11) is 1.65. The van der Waals surface area contributed by atoms with E-state index in [-0.39, 0.29) is 5.91 Å². The lowest BCUT2D eigenvalue weighted by atomic mass is 9.89. The molecule has 0 radical (unpaired) electrons. The fourth-order valence-electron chi connectivity index (χ4n) is 3.60. The highest BCUT2D eigenvalue weighted by atomic mass is 16.5. The van der Waals surface area contributed by atoms with Crippen LogP contribution in [-0.2, 0) is 11.2 Å². The Balaban J connectivity index is 1.68. The third-order valence-corrected chi connectivity index (χ3v) is 4.99. The number of ether oxygens (including phenoxy) is 1. The predicted octanol–water partition coefficient (Wildman–Crippen LogP) is 3.49. The Bertz CT molecular complexity index is 723. The van der Waals surface area contributed by atoms with Gasteiger partial charge < -0.3 is 9.64 Å². The second-order valence-electron chi connectivity index (χ2n) is 7.10. The van der Waals surface area contributed by atoms with E-state index >= 15 is 0 Å². The van der Waals surface area contributed by atoms with Crippen LogP contribution in [0.3, 0.4) is 0 Å². The van der Waals surface area contributed by atoms with Gasteiger partial charge in [-0.3, -0.25) is 9.89 Å². The van der Waals surface area contributed by atoms with Crippen molar-refractivity contribution in [2.75, 3.05) is 20.2 Å². The van der Waals surface area contributed by atoms with Gasteiger partial charge in [-0.1, -0.05) is 26.0 Å². The summed E-state index contributed by atoms with van der Waals surface area (Å²) in [4.78, 5) is 14.8. The summed E-state index contributed by atoms with van der Waals surface area (Å²) in [5.74, 6) is 1.77. The largest absolute Gasteiger partial charge is 0.497 e. The van der Waals surface area contributed by atoms with Gasteiger partial charge in [-0.15, -0.1) is 0 Å². The number of hydrogen-bond donors (Lipinski definition) is 1. The van der Waals surface area contributed by atoms with Gasteiger partial charge in [-0.05, 0) is 42.0 Å². The van der Waals surface area contributed by atoms with Crippen molar-refractivity contribution < 1.29 is 9.53 Å². The van der Waals surface area contributed by atoms with Crippen LogP contribution in [0.2, 0.25) is 0 Å². The molecule has 1 saturated heterocycles. The number of aromatic nitrogens is 2. The molecule has 1 fully saturated rings. The van der Waals surface area contributed by atoms with E-state index in [1.54, 1.807) is 7.11 Å². The standard InChI is InChI=1S/C20H27N3O2/c1-14(2)18-12-21-22-20(18)16-7-5-9-23(13-16)19(24)11-15-6-4-8-17(10-15)25-3/h4,6,8,10,12,14,16H,5,7,9,11,13H2,1-3H3,(H,21,22). The summed E-state index contributed by atoms with van der Waals surface area (Å²) in [5.41, 5.74) is 3.47. The van der Waals surface area contributed by atoms with E-state index in [9.17, 15) is 4.79 Å². The first-order chi connectivity index (χ1) is 12.1. The molecule has 5 heteroatoms. The number of benzene rings is 1. The lowest BCUT2D eigenvalue weighted by Gasteiger charge is -2.33. The molecule has 0 bridgehead atoms. The Morgan fingerprint density at radius 2 is 2.28 bits per heavy atom. The average Bonchev–Trinajstić information content (AvgIpc) is 3.12. The molecule has 1 aliphatic heterocycles. The molecule has 0 saturated carbocycles. The number of rotatable bonds is 5. The molecule has 1 N–H and O–H groups in total. The summed E-state index contributed by atoms with van der Waals surface area (Å²) >= 11 is 0. The Kier molecular flexibility index (Phi) is 5.41. The first-order valence-electron chi connectivity index (χ1n) is 9.02. The van der Waals surface area contributed by atoms with Crippen molar-refractivity contribution in [3.63, 3.8) is 0 Å². The SMILES string of the molecule is COc1cccc(CC(=O)N2CCCC(c3[nH]ncc3C(C)C)C2)c1. The molecule has 1 aromatic heterocycles. The quantitative estimate of drug-likeness (QED) is 0.906. The molecule has 1 aromatic carbocycles. The van der Waals surface area contributed by atoms with Crippen LogP contribution in [0.1, 0.15) is 55.3 Å². The molecule has 0 aliphatic carbocycles. The van der Waals surface area contributed by atoms with Gasteiger partial charge in [0, 0.05) is 24.7 Å². The molecule has 5 nitrogen and oxygen atoms in total. The molecule has 2 aromatic rings. The average molecular weight is 341 g/mol. The number of H-pyrrole nitrogens is 1. The zero-order valence-corrected chi connectivity index (χ0v) is 15.3. The van der Waals surface area contributed by atoms with Crippen molar-refractivity contribution in [3.05, 3.63) is 47.3 Å². The number of carbonyl (C=O) groups is 1.